The molecule has 3 heteroatoms. The zero-order valence-corrected chi connectivity index (χ0v) is 13.9. The predicted octanol–water partition coefficient (Wildman–Crippen LogP) is 2.17. The van der Waals surface area contributed by atoms with Crippen LogP contribution in [0.5, 0.6) is 0 Å². The summed E-state index contributed by atoms with van der Waals surface area (Å²) in [7, 11) is 2.28. The molecule has 0 aromatic carbocycles. The summed E-state index contributed by atoms with van der Waals surface area (Å²) < 4.78 is 0. The monoisotopic (exact) mass is 291 g/mol. The van der Waals surface area contributed by atoms with Gasteiger partial charge in [-0.1, -0.05) is 0 Å². The Kier molecular flexibility index (Phi) is 3.59. The summed E-state index contributed by atoms with van der Waals surface area (Å²) in [5.74, 6) is 3.86. The first-order valence-electron chi connectivity index (χ1n) is 9.28. The van der Waals surface area contributed by atoms with Crippen molar-refractivity contribution in [3.05, 3.63) is 0 Å². The smallest absolute Gasteiger partial charge is 0.0391 e. The third kappa shape index (κ3) is 2.11. The fourth-order valence-corrected chi connectivity index (χ4v) is 6.91. The van der Waals surface area contributed by atoms with E-state index in [2.05, 4.69) is 23.8 Å². The zero-order valence-electron chi connectivity index (χ0n) is 13.9. The molecular weight excluding hydrogens is 258 g/mol. The van der Waals surface area contributed by atoms with Gasteiger partial charge in [0.05, 0.1) is 0 Å². The molecule has 4 bridgehead atoms. The van der Waals surface area contributed by atoms with Crippen molar-refractivity contribution in [2.75, 3.05) is 33.2 Å². The molecule has 21 heavy (non-hydrogen) atoms. The van der Waals surface area contributed by atoms with Crippen LogP contribution in [0.2, 0.25) is 0 Å². The molecule has 3 nitrogen and oxygen atoms in total. The van der Waals surface area contributed by atoms with Crippen LogP contribution in [0, 0.1) is 23.7 Å². The van der Waals surface area contributed by atoms with Gasteiger partial charge in [0.25, 0.3) is 0 Å². The number of likely N-dealkylation sites (N-methyl/N-ethyl adjacent to an activating group) is 1. The van der Waals surface area contributed by atoms with E-state index in [0.717, 1.165) is 30.2 Å². The van der Waals surface area contributed by atoms with Gasteiger partial charge < -0.3 is 10.6 Å². The van der Waals surface area contributed by atoms with Crippen molar-refractivity contribution >= 4 is 0 Å². The maximum Gasteiger partial charge on any atom is 0.0391 e. The molecule has 2 N–H and O–H groups in total. The Hall–Kier alpha value is -0.120. The van der Waals surface area contributed by atoms with E-state index in [4.69, 9.17) is 5.73 Å². The van der Waals surface area contributed by atoms with Gasteiger partial charge in [-0.2, -0.15) is 0 Å². The molecule has 0 aromatic rings. The number of nitrogens with zero attached hydrogens (tertiary/aromatic N) is 2. The van der Waals surface area contributed by atoms with Crippen molar-refractivity contribution in [1.82, 2.24) is 9.80 Å². The van der Waals surface area contributed by atoms with Gasteiger partial charge in [0.1, 0.15) is 0 Å². The fraction of sp³-hybridized carbons (Fsp3) is 1.00. The third-order valence-electron chi connectivity index (χ3n) is 7.46. The van der Waals surface area contributed by atoms with Crippen LogP contribution < -0.4 is 5.73 Å². The molecule has 0 radical (unpaired) electrons. The van der Waals surface area contributed by atoms with Gasteiger partial charge in [-0.05, 0) is 82.7 Å². The Balaban J connectivity index is 1.66. The van der Waals surface area contributed by atoms with E-state index in [1.807, 2.05) is 0 Å². The molecule has 5 fully saturated rings. The van der Waals surface area contributed by atoms with Crippen LogP contribution in [0.15, 0.2) is 0 Å². The van der Waals surface area contributed by atoms with E-state index in [1.54, 1.807) is 0 Å². The van der Waals surface area contributed by atoms with Gasteiger partial charge in [0.2, 0.25) is 0 Å². The molecule has 1 heterocycles. The maximum atomic E-state index is 6.51. The number of nitrogens with two attached hydrogens (primary N) is 1. The summed E-state index contributed by atoms with van der Waals surface area (Å²) in [6.07, 6.45) is 8.75. The molecule has 4 saturated carbocycles. The number of rotatable bonds is 2. The summed E-state index contributed by atoms with van der Waals surface area (Å²) in [6, 6.07) is 0.665. The third-order valence-corrected chi connectivity index (χ3v) is 7.46. The topological polar surface area (TPSA) is 32.5 Å². The summed E-state index contributed by atoms with van der Waals surface area (Å²) in [5, 5.41) is 0. The molecule has 1 aliphatic heterocycles. The molecule has 0 aromatic heterocycles. The predicted molar refractivity (Wildman–Crippen MR) is 87.1 cm³/mol. The molecule has 1 unspecified atom stereocenters. The van der Waals surface area contributed by atoms with Crippen LogP contribution >= 0.6 is 0 Å². The first-order chi connectivity index (χ1) is 10.1. The van der Waals surface area contributed by atoms with Crippen molar-refractivity contribution < 1.29 is 0 Å². The lowest BCUT2D eigenvalue weighted by atomic mass is 9.48. The lowest BCUT2D eigenvalue weighted by Crippen LogP contribution is -2.71. The summed E-state index contributed by atoms with van der Waals surface area (Å²) in [4.78, 5) is 5.41. The molecule has 4 aliphatic carbocycles. The first kappa shape index (κ1) is 14.5. The van der Waals surface area contributed by atoms with Crippen molar-refractivity contribution in [1.29, 1.82) is 0 Å². The standard InChI is InChI=1S/C18H33N3/c1-13-11-20(2)4-3-5-21(13)18(12-19)16-7-14-6-15(9-16)10-17(18)8-14/h13-17H,3-12,19H2,1-2H3. The first-order valence-corrected chi connectivity index (χ1v) is 9.28. The van der Waals surface area contributed by atoms with Crippen molar-refractivity contribution in [3.63, 3.8) is 0 Å². The Morgan fingerprint density at radius 2 is 1.62 bits per heavy atom. The molecule has 0 amide bonds. The van der Waals surface area contributed by atoms with Gasteiger partial charge in [0.15, 0.2) is 0 Å². The average molecular weight is 291 g/mol. The van der Waals surface area contributed by atoms with E-state index in [9.17, 15) is 0 Å². The van der Waals surface area contributed by atoms with Gasteiger partial charge in [-0.15, -0.1) is 0 Å². The second-order valence-electron chi connectivity index (χ2n) is 8.66. The van der Waals surface area contributed by atoms with Gasteiger partial charge >= 0.3 is 0 Å². The van der Waals surface area contributed by atoms with Crippen molar-refractivity contribution in [3.8, 4) is 0 Å². The van der Waals surface area contributed by atoms with E-state index >= 15 is 0 Å². The molecule has 1 saturated heterocycles. The highest BCUT2D eigenvalue weighted by Crippen LogP contribution is 2.60. The van der Waals surface area contributed by atoms with Crippen LogP contribution in [0.25, 0.3) is 0 Å². The molecule has 5 rings (SSSR count). The summed E-state index contributed by atoms with van der Waals surface area (Å²) in [6.45, 7) is 7.08. The molecule has 120 valence electrons. The Morgan fingerprint density at radius 1 is 1.00 bits per heavy atom. The largest absolute Gasteiger partial charge is 0.329 e. The minimum Gasteiger partial charge on any atom is -0.329 e. The lowest BCUT2D eigenvalue weighted by molar-refractivity contribution is -0.141. The summed E-state index contributed by atoms with van der Waals surface area (Å²) in [5.41, 5.74) is 6.86. The second-order valence-corrected chi connectivity index (χ2v) is 8.66. The van der Waals surface area contributed by atoms with E-state index in [-0.39, 0.29) is 0 Å². The van der Waals surface area contributed by atoms with E-state index in [0.29, 0.717) is 11.6 Å². The van der Waals surface area contributed by atoms with Crippen LogP contribution in [-0.4, -0.2) is 54.6 Å². The van der Waals surface area contributed by atoms with Gasteiger partial charge in [-0.3, -0.25) is 4.90 Å². The molecular formula is C18H33N3. The SMILES string of the molecule is CC1CN(C)CCCN1C1(CN)C2CC3CC(C2)CC1C3. The molecule has 1 atom stereocenters. The fourth-order valence-electron chi connectivity index (χ4n) is 6.91. The highest BCUT2D eigenvalue weighted by molar-refractivity contribution is 5.13. The highest BCUT2D eigenvalue weighted by Gasteiger charge is 2.59. The Bertz CT molecular complexity index is 366. The number of hydrogen-bond acceptors (Lipinski definition) is 3. The van der Waals surface area contributed by atoms with Crippen LogP contribution in [0.4, 0.5) is 0 Å². The van der Waals surface area contributed by atoms with E-state index in [1.165, 1.54) is 58.2 Å². The maximum absolute atomic E-state index is 6.51. The quantitative estimate of drug-likeness (QED) is 0.846. The summed E-state index contributed by atoms with van der Waals surface area (Å²) >= 11 is 0. The van der Waals surface area contributed by atoms with E-state index < -0.39 is 0 Å². The zero-order chi connectivity index (χ0) is 14.6. The highest BCUT2D eigenvalue weighted by atomic mass is 15.3. The Morgan fingerprint density at radius 3 is 2.19 bits per heavy atom. The van der Waals surface area contributed by atoms with Gasteiger partial charge in [-0.25, -0.2) is 0 Å². The number of hydrogen-bond donors (Lipinski definition) is 1. The minimum atomic E-state index is 0.345. The second kappa shape index (κ2) is 5.21. The van der Waals surface area contributed by atoms with Crippen LogP contribution in [-0.2, 0) is 0 Å². The Labute approximate surface area is 130 Å². The minimum absolute atomic E-state index is 0.345. The normalized spacial score (nSPS) is 51.3. The lowest BCUT2D eigenvalue weighted by Gasteiger charge is -2.65. The molecule has 0 spiro atoms. The molecule has 5 aliphatic rings. The average Bonchev–Trinajstić information content (AvgIpc) is 2.60. The van der Waals surface area contributed by atoms with Crippen molar-refractivity contribution in [2.45, 2.75) is 57.0 Å². The van der Waals surface area contributed by atoms with Crippen molar-refractivity contribution in [2.24, 2.45) is 29.4 Å². The van der Waals surface area contributed by atoms with Crippen LogP contribution in [0.3, 0.4) is 0 Å². The van der Waals surface area contributed by atoms with Gasteiger partial charge in [0, 0.05) is 31.2 Å². The van der Waals surface area contributed by atoms with Crippen LogP contribution in [0.1, 0.15) is 45.4 Å².